The van der Waals surface area contributed by atoms with E-state index in [4.69, 9.17) is 13.8 Å². The van der Waals surface area contributed by atoms with Crippen LogP contribution in [0.4, 0.5) is 17.1 Å². The third-order valence-corrected chi connectivity index (χ3v) is 11.9. The molecule has 0 spiro atoms. The zero-order valence-corrected chi connectivity index (χ0v) is 33.0. The fraction of sp³-hybridized carbons (Fsp3) is 0. The number of nitrogens with zero attached hydrogens (tertiary/aromatic N) is 2. The molecule has 0 aliphatic rings. The lowest BCUT2D eigenvalue weighted by molar-refractivity contribution is 0.620. The molecule has 0 radical (unpaired) electrons. The summed E-state index contributed by atoms with van der Waals surface area (Å²) in [5.41, 5.74) is 14.5. The van der Waals surface area contributed by atoms with Gasteiger partial charge >= 0.3 is 0 Å². The van der Waals surface area contributed by atoms with Gasteiger partial charge in [0.15, 0.2) is 5.58 Å². The van der Waals surface area contributed by atoms with E-state index in [1.165, 1.54) is 22.3 Å². The number of hydrogen-bond donors (Lipinski definition) is 0. The Kier molecular flexibility index (Phi) is 8.13. The first-order valence-corrected chi connectivity index (χ1v) is 20.6. The van der Waals surface area contributed by atoms with Gasteiger partial charge in [0.1, 0.15) is 16.7 Å². The van der Waals surface area contributed by atoms with Gasteiger partial charge in [-0.1, -0.05) is 152 Å². The maximum absolute atomic E-state index is 6.79. The molecule has 10 aromatic carbocycles. The fourth-order valence-corrected chi connectivity index (χ4v) is 8.97. The maximum Gasteiger partial charge on any atom is 0.227 e. The third kappa shape index (κ3) is 5.96. The Bertz CT molecular complexity index is 3450. The van der Waals surface area contributed by atoms with Crippen LogP contribution < -0.4 is 4.90 Å². The van der Waals surface area contributed by atoms with Gasteiger partial charge in [0, 0.05) is 38.8 Å². The van der Waals surface area contributed by atoms with Crippen LogP contribution in [0, 0.1) is 0 Å². The molecule has 0 aliphatic carbocycles. The van der Waals surface area contributed by atoms with Gasteiger partial charge in [0.25, 0.3) is 0 Å². The maximum atomic E-state index is 6.79. The van der Waals surface area contributed by atoms with Crippen molar-refractivity contribution in [2.45, 2.75) is 0 Å². The number of fused-ring (bicyclic) bond motifs is 7. The molecule has 4 heteroatoms. The van der Waals surface area contributed by atoms with Crippen molar-refractivity contribution in [1.82, 2.24) is 4.98 Å². The molecule has 0 aliphatic heterocycles. The molecule has 0 bridgehead atoms. The first-order chi connectivity index (χ1) is 30.2. The van der Waals surface area contributed by atoms with Gasteiger partial charge in [0.05, 0.1) is 0 Å². The van der Waals surface area contributed by atoms with Gasteiger partial charge in [-0.3, -0.25) is 0 Å². The summed E-state index contributed by atoms with van der Waals surface area (Å²) in [6.45, 7) is 0. The Balaban J connectivity index is 1.03. The zero-order valence-electron chi connectivity index (χ0n) is 33.0. The highest BCUT2D eigenvalue weighted by Crippen LogP contribution is 2.45. The summed E-state index contributed by atoms with van der Waals surface area (Å²) in [6, 6.07) is 77.1. The number of oxazole rings is 1. The number of furan rings is 1. The molecular formula is C57H36N2O2. The normalized spacial score (nSPS) is 11.6. The summed E-state index contributed by atoms with van der Waals surface area (Å²) in [4.78, 5) is 7.21. The fourth-order valence-electron chi connectivity index (χ4n) is 8.97. The van der Waals surface area contributed by atoms with Crippen LogP contribution in [0.1, 0.15) is 0 Å². The number of aromatic nitrogens is 1. The molecule has 12 aromatic rings. The molecule has 286 valence electrons. The Morgan fingerprint density at radius 3 is 1.46 bits per heavy atom. The Morgan fingerprint density at radius 1 is 0.311 bits per heavy atom. The smallest absolute Gasteiger partial charge is 0.227 e. The molecular weight excluding hydrogens is 745 g/mol. The van der Waals surface area contributed by atoms with Crippen LogP contribution in [0.5, 0.6) is 0 Å². The van der Waals surface area contributed by atoms with E-state index in [-0.39, 0.29) is 0 Å². The predicted molar refractivity (Wildman–Crippen MR) is 253 cm³/mol. The Labute approximate surface area is 352 Å². The molecule has 2 heterocycles. The van der Waals surface area contributed by atoms with Crippen molar-refractivity contribution in [2.24, 2.45) is 0 Å². The molecule has 12 rings (SSSR count). The largest absolute Gasteiger partial charge is 0.455 e. The predicted octanol–water partition coefficient (Wildman–Crippen LogP) is 16.2. The minimum absolute atomic E-state index is 0.617. The molecule has 2 aromatic heterocycles. The summed E-state index contributed by atoms with van der Waals surface area (Å²) >= 11 is 0. The van der Waals surface area contributed by atoms with E-state index < -0.39 is 0 Å². The summed E-state index contributed by atoms with van der Waals surface area (Å²) in [6.07, 6.45) is 0. The van der Waals surface area contributed by atoms with Crippen molar-refractivity contribution >= 4 is 71.6 Å². The molecule has 0 amide bonds. The molecule has 61 heavy (non-hydrogen) atoms. The Morgan fingerprint density at radius 2 is 0.820 bits per heavy atom. The van der Waals surface area contributed by atoms with Crippen LogP contribution in [0.25, 0.3) is 99.4 Å². The lowest BCUT2D eigenvalue weighted by atomic mass is 9.90. The highest BCUT2D eigenvalue weighted by molar-refractivity contribution is 6.21. The number of anilines is 3. The number of para-hydroxylation sites is 2. The number of rotatable bonds is 7. The van der Waals surface area contributed by atoms with Gasteiger partial charge in [-0.25, -0.2) is 4.98 Å². The van der Waals surface area contributed by atoms with E-state index in [1.807, 2.05) is 24.3 Å². The average Bonchev–Trinajstić information content (AvgIpc) is 3.94. The molecule has 0 saturated carbocycles. The zero-order chi connectivity index (χ0) is 40.3. The van der Waals surface area contributed by atoms with Crippen LogP contribution >= 0.6 is 0 Å². The van der Waals surface area contributed by atoms with Gasteiger partial charge < -0.3 is 13.7 Å². The minimum atomic E-state index is 0.617. The second-order valence-corrected chi connectivity index (χ2v) is 15.5. The second-order valence-electron chi connectivity index (χ2n) is 15.5. The van der Waals surface area contributed by atoms with Gasteiger partial charge in [-0.15, -0.1) is 0 Å². The van der Waals surface area contributed by atoms with E-state index >= 15 is 0 Å². The van der Waals surface area contributed by atoms with Crippen LogP contribution in [0.2, 0.25) is 0 Å². The highest BCUT2D eigenvalue weighted by Gasteiger charge is 2.21. The number of benzene rings is 10. The molecule has 0 N–H and O–H groups in total. The molecule has 0 fully saturated rings. The van der Waals surface area contributed by atoms with Crippen molar-refractivity contribution in [3.8, 4) is 44.8 Å². The van der Waals surface area contributed by atoms with Crippen LogP contribution in [-0.4, -0.2) is 4.98 Å². The molecule has 4 nitrogen and oxygen atoms in total. The quantitative estimate of drug-likeness (QED) is 0.162. The van der Waals surface area contributed by atoms with Crippen molar-refractivity contribution in [3.05, 3.63) is 218 Å². The SMILES string of the molecule is c1ccc(-c2ccc(N(c3ccc(-c4ccccc4)cc3)c3ccc4oc5c6ccccc6c(-c6ccc(-c7nc8ccccc8o7)c7ccccc67)cc5c4c3)cc2)cc1. The average molecular weight is 781 g/mol. The van der Waals surface area contributed by atoms with Crippen molar-refractivity contribution in [1.29, 1.82) is 0 Å². The third-order valence-electron chi connectivity index (χ3n) is 11.9. The van der Waals surface area contributed by atoms with E-state index in [0.717, 1.165) is 88.3 Å². The van der Waals surface area contributed by atoms with Crippen LogP contribution in [0.15, 0.2) is 227 Å². The summed E-state index contributed by atoms with van der Waals surface area (Å²) in [5.74, 6) is 0.617. The summed E-state index contributed by atoms with van der Waals surface area (Å²) < 4.78 is 13.1. The minimum Gasteiger partial charge on any atom is -0.455 e. The standard InChI is InChI=1S/C57H36N2O2/c1-3-13-37(14-4-1)39-23-27-41(28-24-39)59(42-29-25-40(26-30-42)38-15-5-2-6-16-38)43-31-34-54-51(35-43)52-36-50(46-19-9-10-20-48(46)56(52)60-54)47-32-33-49(45-18-8-7-17-44(45)47)57-58-53-21-11-12-22-55(53)61-57/h1-36H. The van der Waals surface area contributed by atoms with Gasteiger partial charge in [0.2, 0.25) is 5.89 Å². The van der Waals surface area contributed by atoms with Crippen LogP contribution in [-0.2, 0) is 0 Å². The number of hydrogen-bond acceptors (Lipinski definition) is 4. The monoisotopic (exact) mass is 780 g/mol. The van der Waals surface area contributed by atoms with Gasteiger partial charge in [-0.05, 0) is 116 Å². The summed E-state index contributed by atoms with van der Waals surface area (Å²) in [7, 11) is 0. The van der Waals surface area contributed by atoms with E-state index in [1.54, 1.807) is 0 Å². The van der Waals surface area contributed by atoms with E-state index in [2.05, 4.69) is 199 Å². The lowest BCUT2D eigenvalue weighted by Crippen LogP contribution is -2.09. The van der Waals surface area contributed by atoms with Gasteiger partial charge in [-0.2, -0.15) is 0 Å². The Hall–Kier alpha value is -8.21. The summed E-state index contributed by atoms with van der Waals surface area (Å²) in [5, 5.41) is 6.54. The lowest BCUT2D eigenvalue weighted by Gasteiger charge is -2.26. The van der Waals surface area contributed by atoms with Crippen molar-refractivity contribution < 1.29 is 8.83 Å². The highest BCUT2D eigenvalue weighted by atomic mass is 16.3. The topological polar surface area (TPSA) is 42.4 Å². The van der Waals surface area contributed by atoms with Crippen molar-refractivity contribution in [2.75, 3.05) is 4.90 Å². The molecule has 0 unspecified atom stereocenters. The van der Waals surface area contributed by atoms with Crippen molar-refractivity contribution in [3.63, 3.8) is 0 Å². The molecule has 0 saturated heterocycles. The molecule has 0 atom stereocenters. The van der Waals surface area contributed by atoms with E-state index in [0.29, 0.717) is 5.89 Å². The van der Waals surface area contributed by atoms with E-state index in [9.17, 15) is 0 Å². The first kappa shape index (κ1) is 34.8. The first-order valence-electron chi connectivity index (χ1n) is 20.6. The second kappa shape index (κ2) is 14.3. The van der Waals surface area contributed by atoms with Crippen LogP contribution in [0.3, 0.4) is 0 Å².